The van der Waals surface area contributed by atoms with E-state index < -0.39 is 52.5 Å². The lowest BCUT2D eigenvalue weighted by Crippen LogP contribution is -2.25. The lowest BCUT2D eigenvalue weighted by atomic mass is 9.98. The molecule has 3 aromatic rings. The molecule has 0 saturated heterocycles. The van der Waals surface area contributed by atoms with Crippen LogP contribution < -0.4 is 9.47 Å². The lowest BCUT2D eigenvalue weighted by molar-refractivity contribution is -0.274. The summed E-state index contributed by atoms with van der Waals surface area (Å²) in [6.07, 6.45) is -8.05. The van der Waals surface area contributed by atoms with Crippen LogP contribution in [0.5, 0.6) is 17.2 Å². The van der Waals surface area contributed by atoms with Gasteiger partial charge < -0.3 is 9.47 Å². The van der Waals surface area contributed by atoms with Crippen LogP contribution in [0.2, 0.25) is 0 Å². The maximum absolute atomic E-state index is 15.0. The minimum Gasteiger partial charge on any atom is -0.429 e. The van der Waals surface area contributed by atoms with Crippen LogP contribution in [0.15, 0.2) is 54.6 Å². The number of halogens is 7. The Morgan fingerprint density at radius 1 is 0.818 bits per heavy atom. The van der Waals surface area contributed by atoms with Crippen molar-refractivity contribution in [2.45, 2.75) is 32.2 Å². The Hall–Kier alpha value is -3.43. The average molecular weight is 473 g/mol. The summed E-state index contributed by atoms with van der Waals surface area (Å²) in [6, 6.07) is 8.95. The minimum atomic E-state index is -5.00. The molecule has 0 aromatic heterocycles. The predicted molar refractivity (Wildman–Crippen MR) is 104 cm³/mol. The standard InChI is InChI=1S/C23H16F7O3/c1-2-3-13-4-6-14(7-5-13)19-18(31)12-17(24)20(21(19)25)22(26,27)32-15-8-10-16(11-9-15)33-23(28,29)30/h4-12H,2-3H2,1H3. The molecule has 3 nitrogen and oxygen atoms in total. The highest BCUT2D eigenvalue weighted by atomic mass is 19.4. The van der Waals surface area contributed by atoms with Gasteiger partial charge in [0.05, 0.1) is 5.56 Å². The van der Waals surface area contributed by atoms with Gasteiger partial charge in [-0.15, -0.1) is 13.2 Å². The second-order valence-electron chi connectivity index (χ2n) is 7.01. The van der Waals surface area contributed by atoms with E-state index in [1.807, 2.05) is 6.92 Å². The average Bonchev–Trinajstić information content (AvgIpc) is 2.69. The van der Waals surface area contributed by atoms with E-state index in [1.54, 1.807) is 12.1 Å². The number of rotatable bonds is 7. The molecule has 0 heterocycles. The summed E-state index contributed by atoms with van der Waals surface area (Å²) in [5.41, 5.74) is -1.71. The van der Waals surface area contributed by atoms with Gasteiger partial charge in [-0.25, -0.2) is 8.78 Å². The smallest absolute Gasteiger partial charge is 0.429 e. The van der Waals surface area contributed by atoms with E-state index in [4.69, 9.17) is 0 Å². The maximum Gasteiger partial charge on any atom is 0.573 e. The Bertz CT molecular complexity index is 1110. The van der Waals surface area contributed by atoms with Crippen molar-refractivity contribution in [3.63, 3.8) is 0 Å². The molecule has 0 saturated carbocycles. The van der Waals surface area contributed by atoms with E-state index in [2.05, 4.69) is 9.47 Å². The normalized spacial score (nSPS) is 12.0. The molecule has 0 aliphatic rings. The van der Waals surface area contributed by atoms with Crippen LogP contribution in [0.1, 0.15) is 24.5 Å². The minimum absolute atomic E-state index is 0.0249. The van der Waals surface area contributed by atoms with E-state index in [9.17, 15) is 31.4 Å². The zero-order valence-electron chi connectivity index (χ0n) is 17.0. The number of benzene rings is 3. The van der Waals surface area contributed by atoms with Gasteiger partial charge in [-0.1, -0.05) is 37.6 Å². The van der Waals surface area contributed by atoms with Crippen molar-refractivity contribution in [1.82, 2.24) is 0 Å². The van der Waals surface area contributed by atoms with Gasteiger partial charge in [-0.2, -0.15) is 8.78 Å². The zero-order chi connectivity index (χ0) is 24.4. The topological polar surface area (TPSA) is 38.4 Å². The Balaban J connectivity index is 1.95. The molecule has 3 aromatic carbocycles. The number of aryl methyl sites for hydroxylation is 1. The first kappa shape index (κ1) is 24.2. The molecule has 0 bridgehead atoms. The zero-order valence-corrected chi connectivity index (χ0v) is 17.0. The Labute approximate surface area is 184 Å². The molecule has 0 atom stereocenters. The summed E-state index contributed by atoms with van der Waals surface area (Å²) < 4.78 is 103. The fourth-order valence-electron chi connectivity index (χ4n) is 3.17. The van der Waals surface area contributed by atoms with Crippen molar-refractivity contribution in [3.05, 3.63) is 77.4 Å². The molecule has 1 radical (unpaired) electrons. The largest absolute Gasteiger partial charge is 0.573 e. The molecular weight excluding hydrogens is 457 g/mol. The van der Waals surface area contributed by atoms with Crippen molar-refractivity contribution >= 4 is 0 Å². The lowest BCUT2D eigenvalue weighted by Gasteiger charge is -2.21. The van der Waals surface area contributed by atoms with E-state index in [1.165, 1.54) is 12.1 Å². The summed E-state index contributed by atoms with van der Waals surface area (Å²) >= 11 is 0. The van der Waals surface area contributed by atoms with Gasteiger partial charge >= 0.3 is 12.5 Å². The molecule has 0 aliphatic heterocycles. The van der Waals surface area contributed by atoms with Gasteiger partial charge in [0, 0.05) is 6.07 Å². The first-order valence-electron chi connectivity index (χ1n) is 9.62. The number of ether oxygens (including phenoxy) is 2. The maximum atomic E-state index is 15.0. The van der Waals surface area contributed by atoms with Crippen LogP contribution in [0, 0.1) is 11.6 Å². The van der Waals surface area contributed by atoms with Gasteiger partial charge in [0.2, 0.25) is 0 Å². The molecule has 175 valence electrons. The second kappa shape index (κ2) is 9.21. The fourth-order valence-corrected chi connectivity index (χ4v) is 3.17. The fraction of sp³-hybridized carbons (Fsp3) is 0.217. The van der Waals surface area contributed by atoms with Gasteiger partial charge in [0.15, 0.2) is 11.6 Å². The summed E-state index contributed by atoms with van der Waals surface area (Å²) in [4.78, 5) is 0. The third-order valence-corrected chi connectivity index (χ3v) is 4.56. The van der Waals surface area contributed by atoms with Crippen LogP contribution >= 0.6 is 0 Å². The quantitative estimate of drug-likeness (QED) is 0.329. The van der Waals surface area contributed by atoms with Crippen LogP contribution in [0.25, 0.3) is 11.1 Å². The molecule has 3 rings (SSSR count). The van der Waals surface area contributed by atoms with Crippen molar-refractivity contribution < 1.29 is 45.3 Å². The monoisotopic (exact) mass is 473 g/mol. The third-order valence-electron chi connectivity index (χ3n) is 4.56. The van der Waals surface area contributed by atoms with Gasteiger partial charge in [-0.3, -0.25) is 5.11 Å². The SMILES string of the molecule is CCCc1ccc(-c2c([O])cc(F)c(C(F)(F)Oc3ccc(OC(F)(F)F)cc3)c2F)cc1. The van der Waals surface area contributed by atoms with Crippen LogP contribution in [0.4, 0.5) is 30.7 Å². The van der Waals surface area contributed by atoms with Gasteiger partial charge in [0.1, 0.15) is 22.9 Å². The van der Waals surface area contributed by atoms with Crippen molar-refractivity contribution in [2.24, 2.45) is 0 Å². The van der Waals surface area contributed by atoms with Crippen LogP contribution in [-0.2, 0) is 17.6 Å². The van der Waals surface area contributed by atoms with E-state index in [-0.39, 0.29) is 11.6 Å². The first-order valence-corrected chi connectivity index (χ1v) is 9.62. The second-order valence-corrected chi connectivity index (χ2v) is 7.01. The number of hydrogen-bond donors (Lipinski definition) is 0. The molecule has 33 heavy (non-hydrogen) atoms. The van der Waals surface area contributed by atoms with E-state index in [0.29, 0.717) is 30.7 Å². The molecule has 10 heteroatoms. The van der Waals surface area contributed by atoms with Gasteiger partial charge in [-0.05, 0) is 41.8 Å². The third kappa shape index (κ3) is 5.68. The van der Waals surface area contributed by atoms with E-state index >= 15 is 4.39 Å². The molecule has 0 amide bonds. The Morgan fingerprint density at radius 2 is 1.36 bits per heavy atom. The molecule has 0 aliphatic carbocycles. The molecule has 0 fully saturated rings. The highest BCUT2D eigenvalue weighted by molar-refractivity contribution is 5.72. The van der Waals surface area contributed by atoms with Crippen molar-refractivity contribution in [3.8, 4) is 28.4 Å². The molecular formula is C23H16F7O3. The molecule has 0 spiro atoms. The Kier molecular flexibility index (Phi) is 6.76. The number of hydrogen-bond acceptors (Lipinski definition) is 2. The van der Waals surface area contributed by atoms with E-state index in [0.717, 1.165) is 12.0 Å². The first-order chi connectivity index (χ1) is 15.4. The predicted octanol–water partition coefficient (Wildman–Crippen LogP) is 7.76. The number of alkyl halides is 5. The Morgan fingerprint density at radius 3 is 1.88 bits per heavy atom. The molecule has 0 N–H and O–H groups in total. The summed E-state index contributed by atoms with van der Waals surface area (Å²) in [5, 5.41) is 12.2. The summed E-state index contributed by atoms with van der Waals surface area (Å²) in [5.74, 6) is -6.16. The van der Waals surface area contributed by atoms with Gasteiger partial charge in [0.25, 0.3) is 0 Å². The summed E-state index contributed by atoms with van der Waals surface area (Å²) in [6.45, 7) is 1.94. The summed E-state index contributed by atoms with van der Waals surface area (Å²) in [7, 11) is 0. The highest BCUT2D eigenvalue weighted by Gasteiger charge is 2.43. The van der Waals surface area contributed by atoms with Crippen LogP contribution in [-0.4, -0.2) is 6.36 Å². The highest BCUT2D eigenvalue weighted by Crippen LogP contribution is 2.42. The van der Waals surface area contributed by atoms with Crippen molar-refractivity contribution in [1.29, 1.82) is 0 Å². The van der Waals surface area contributed by atoms with Crippen LogP contribution in [0.3, 0.4) is 0 Å². The van der Waals surface area contributed by atoms with Crippen molar-refractivity contribution in [2.75, 3.05) is 0 Å². The molecule has 0 unspecified atom stereocenters.